The summed E-state index contributed by atoms with van der Waals surface area (Å²) in [5, 5.41) is 32.1. The molecule has 13 nitrogen and oxygen atoms in total. The number of thiazole rings is 1. The molecule has 4 saturated carbocycles. The zero-order valence-corrected chi connectivity index (χ0v) is 35.9. The number of benzene rings is 1. The van der Waals surface area contributed by atoms with Gasteiger partial charge in [-0.05, 0) is 145 Å². The largest absolute Gasteiger partial charge is 0.476 e. The first kappa shape index (κ1) is 40.3. The van der Waals surface area contributed by atoms with Gasteiger partial charge in [-0.25, -0.2) is 14.8 Å². The SMILES string of the molecule is CNCCCCN(c1cc(C)c(Nc2nc3ccccc3s2)nn1)c1ccc(-c2cnn(CC34CC5(C)CC(C)(C3)CC(OCCN(C)C)(C5)C4)c2C)c(C(=O)O)n1. The first-order valence-electron chi connectivity index (χ1n) is 20.6. The Balaban J connectivity index is 1.07. The number of ether oxygens (including phenoxy) is 1. The summed E-state index contributed by atoms with van der Waals surface area (Å²) < 4.78 is 10.1. The quantitative estimate of drug-likeness (QED) is 0.0778. The maximum Gasteiger partial charge on any atom is 0.355 e. The maximum absolute atomic E-state index is 13.0. The number of unbranched alkanes of at least 4 members (excludes halogenated alkanes) is 1. The summed E-state index contributed by atoms with van der Waals surface area (Å²) in [4.78, 5) is 26.7. The molecule has 0 radical (unpaired) electrons. The highest BCUT2D eigenvalue weighted by molar-refractivity contribution is 7.22. The molecule has 4 heterocycles. The van der Waals surface area contributed by atoms with Gasteiger partial charge in [-0.2, -0.15) is 5.10 Å². The predicted molar refractivity (Wildman–Crippen MR) is 231 cm³/mol. The van der Waals surface area contributed by atoms with E-state index >= 15 is 0 Å². The summed E-state index contributed by atoms with van der Waals surface area (Å²) in [6.07, 6.45) is 10.4. The van der Waals surface area contributed by atoms with Crippen molar-refractivity contribution >= 4 is 50.1 Å². The molecule has 4 aliphatic carbocycles. The van der Waals surface area contributed by atoms with Gasteiger partial charge >= 0.3 is 5.97 Å². The minimum absolute atomic E-state index is 0.0118. The van der Waals surface area contributed by atoms with Crippen molar-refractivity contribution in [3.05, 3.63) is 65.6 Å². The van der Waals surface area contributed by atoms with Gasteiger partial charge in [-0.3, -0.25) is 4.68 Å². The fraction of sp³-hybridized carbons (Fsp3) is 0.545. The van der Waals surface area contributed by atoms with E-state index in [1.807, 2.05) is 67.5 Å². The molecule has 14 heteroatoms. The monoisotopic (exact) mass is 806 g/mol. The minimum Gasteiger partial charge on any atom is -0.476 e. The van der Waals surface area contributed by atoms with E-state index in [1.165, 1.54) is 6.42 Å². The van der Waals surface area contributed by atoms with Crippen LogP contribution in [-0.2, 0) is 11.3 Å². The van der Waals surface area contributed by atoms with Crippen LogP contribution in [0, 0.1) is 30.1 Å². The highest BCUT2D eigenvalue weighted by atomic mass is 32.1. The van der Waals surface area contributed by atoms with E-state index in [9.17, 15) is 9.90 Å². The van der Waals surface area contributed by atoms with E-state index in [4.69, 9.17) is 19.8 Å². The number of nitrogens with one attached hydrogen (secondary N) is 2. The Kier molecular flexibility index (Phi) is 10.8. The van der Waals surface area contributed by atoms with Crippen LogP contribution in [0.2, 0.25) is 0 Å². The number of carbonyl (C=O) groups is 1. The molecule has 2 unspecified atom stereocenters. The number of nitrogens with zero attached hydrogens (tertiary/aromatic N) is 8. The fourth-order valence-corrected chi connectivity index (χ4v) is 12.3. The van der Waals surface area contributed by atoms with Crippen LogP contribution in [0.15, 0.2) is 48.7 Å². The van der Waals surface area contributed by atoms with Gasteiger partial charge in [0.1, 0.15) is 5.82 Å². The number of anilines is 4. The van der Waals surface area contributed by atoms with Crippen LogP contribution < -0.4 is 15.5 Å². The molecule has 5 aromatic rings. The summed E-state index contributed by atoms with van der Waals surface area (Å²) in [6, 6.07) is 13.8. The smallest absolute Gasteiger partial charge is 0.355 e. The number of pyridine rings is 1. The van der Waals surface area contributed by atoms with Crippen LogP contribution in [0.25, 0.3) is 21.3 Å². The molecule has 1 aromatic carbocycles. The zero-order chi connectivity index (χ0) is 40.9. The molecule has 0 saturated heterocycles. The topological polar surface area (TPSA) is 146 Å². The molecule has 4 aromatic heterocycles. The Hall–Kier alpha value is -4.50. The van der Waals surface area contributed by atoms with Gasteiger partial charge in [0.15, 0.2) is 22.5 Å². The van der Waals surface area contributed by atoms with Crippen molar-refractivity contribution in [1.82, 2.24) is 40.2 Å². The van der Waals surface area contributed by atoms with Gasteiger partial charge in [-0.1, -0.05) is 37.3 Å². The van der Waals surface area contributed by atoms with Crippen LogP contribution in [0.5, 0.6) is 0 Å². The Morgan fingerprint density at radius 3 is 2.41 bits per heavy atom. The van der Waals surface area contributed by atoms with E-state index in [0.717, 1.165) is 103 Å². The van der Waals surface area contributed by atoms with Gasteiger partial charge in [0.05, 0.1) is 28.6 Å². The lowest BCUT2D eigenvalue weighted by atomic mass is 9.39. The van der Waals surface area contributed by atoms with Crippen LogP contribution in [0.1, 0.15) is 87.0 Å². The number of carboxylic acid groups (broad SMARTS) is 1. The molecule has 4 fully saturated rings. The van der Waals surface area contributed by atoms with E-state index in [1.54, 1.807) is 11.3 Å². The second-order valence-electron chi connectivity index (χ2n) is 18.5. The number of hydrogen-bond donors (Lipinski definition) is 3. The van der Waals surface area contributed by atoms with E-state index in [-0.39, 0.29) is 27.5 Å². The Morgan fingerprint density at radius 2 is 1.71 bits per heavy atom. The number of carboxylic acids is 1. The van der Waals surface area contributed by atoms with Crippen molar-refractivity contribution in [2.75, 3.05) is 57.6 Å². The van der Waals surface area contributed by atoms with Gasteiger partial charge in [0.25, 0.3) is 0 Å². The first-order valence-corrected chi connectivity index (χ1v) is 21.5. The summed E-state index contributed by atoms with van der Waals surface area (Å²) in [5.41, 5.74) is 4.52. The molecule has 2 atom stereocenters. The van der Waals surface area contributed by atoms with E-state index in [0.29, 0.717) is 29.6 Å². The third kappa shape index (κ3) is 8.08. The van der Waals surface area contributed by atoms with Crippen molar-refractivity contribution in [2.45, 2.75) is 91.2 Å². The van der Waals surface area contributed by atoms with Crippen LogP contribution in [0.3, 0.4) is 0 Å². The molecule has 308 valence electrons. The van der Waals surface area contributed by atoms with Gasteiger partial charge in [0.2, 0.25) is 0 Å². The summed E-state index contributed by atoms with van der Waals surface area (Å²) >= 11 is 1.56. The van der Waals surface area contributed by atoms with Crippen LogP contribution in [0.4, 0.5) is 22.6 Å². The van der Waals surface area contributed by atoms with Crippen molar-refractivity contribution in [2.24, 2.45) is 16.2 Å². The molecule has 4 bridgehead atoms. The van der Waals surface area contributed by atoms with Gasteiger partial charge in [-0.15, -0.1) is 10.2 Å². The molecule has 4 aliphatic rings. The molecule has 0 spiro atoms. The molecular formula is C44H58N10O3S. The standard InChI is InChI=1S/C44H58N10O3S/c1-29-20-36(50-51-38(29)49-40-47-33-12-8-9-13-34(33)58-40)53(17-11-10-16-45-5)35-15-14-31(37(48-35)39(55)56)32-21-46-54(30(32)2)28-43-23-41(3)22-42(4,24-43)26-44(25-41,27-43)57-19-18-52(6)7/h8-9,12-15,20-21,45H,10-11,16-19,22-28H2,1-7H3,(H,55,56)(H,47,49,51). The van der Waals surface area contributed by atoms with Gasteiger partial charge in [0, 0.05) is 36.5 Å². The number of aromatic nitrogens is 6. The lowest BCUT2D eigenvalue weighted by Gasteiger charge is -2.69. The summed E-state index contributed by atoms with van der Waals surface area (Å²) in [6.45, 7) is 12.9. The second kappa shape index (κ2) is 15.6. The molecule has 9 rings (SSSR count). The van der Waals surface area contributed by atoms with E-state index < -0.39 is 5.97 Å². The third-order valence-corrected chi connectivity index (χ3v) is 13.6. The van der Waals surface area contributed by atoms with Crippen LogP contribution >= 0.6 is 11.3 Å². The number of hydrogen-bond acceptors (Lipinski definition) is 12. The number of likely N-dealkylation sites (N-methyl/N-ethyl adjacent to an activating group) is 1. The fourth-order valence-electron chi connectivity index (χ4n) is 11.4. The highest BCUT2D eigenvalue weighted by Crippen LogP contribution is 2.72. The van der Waals surface area contributed by atoms with Crippen molar-refractivity contribution in [3.8, 4) is 11.1 Å². The second-order valence-corrected chi connectivity index (χ2v) is 19.5. The minimum atomic E-state index is -1.09. The highest BCUT2D eigenvalue weighted by Gasteiger charge is 2.66. The van der Waals surface area contributed by atoms with Gasteiger partial charge < -0.3 is 30.3 Å². The van der Waals surface area contributed by atoms with E-state index in [2.05, 4.69) is 65.3 Å². The normalized spacial score (nSPS) is 24.9. The Labute approximate surface area is 345 Å². The lowest BCUT2D eigenvalue weighted by Crippen LogP contribution is -2.64. The number of aromatic carboxylic acids is 1. The molecule has 0 amide bonds. The number of rotatable bonds is 17. The van der Waals surface area contributed by atoms with Crippen molar-refractivity contribution < 1.29 is 14.6 Å². The Morgan fingerprint density at radius 1 is 0.931 bits per heavy atom. The summed E-state index contributed by atoms with van der Waals surface area (Å²) in [5.74, 6) is 0.629. The number of aryl methyl sites for hydroxylation is 1. The number of fused-ring (bicyclic) bond motifs is 1. The third-order valence-electron chi connectivity index (χ3n) is 12.7. The average molecular weight is 807 g/mol. The summed E-state index contributed by atoms with van der Waals surface area (Å²) in [7, 11) is 6.15. The molecule has 0 aliphatic heterocycles. The number of para-hydroxylation sites is 1. The molecule has 58 heavy (non-hydrogen) atoms. The molecule has 3 N–H and O–H groups in total. The van der Waals surface area contributed by atoms with Crippen molar-refractivity contribution in [3.63, 3.8) is 0 Å². The first-order chi connectivity index (χ1) is 27.7. The van der Waals surface area contributed by atoms with Crippen molar-refractivity contribution in [1.29, 1.82) is 0 Å². The lowest BCUT2D eigenvalue weighted by molar-refractivity contribution is -0.248. The zero-order valence-electron chi connectivity index (χ0n) is 35.1. The maximum atomic E-state index is 13.0. The predicted octanol–water partition coefficient (Wildman–Crippen LogP) is 8.24. The molecular weight excluding hydrogens is 749 g/mol. The Bertz CT molecular complexity index is 2250. The average Bonchev–Trinajstić information content (AvgIpc) is 3.72. The van der Waals surface area contributed by atoms with Crippen LogP contribution in [-0.4, -0.2) is 98.9 Å².